The molecule has 7 nitrogen and oxygen atoms in total. The molecule has 0 aliphatic rings. The van der Waals surface area contributed by atoms with Gasteiger partial charge >= 0.3 is 5.63 Å². The van der Waals surface area contributed by atoms with Crippen LogP contribution in [0.5, 0.6) is 0 Å². The number of hydrogen-bond acceptors (Lipinski definition) is 6. The minimum atomic E-state index is -0.869. The summed E-state index contributed by atoms with van der Waals surface area (Å²) in [6.07, 6.45) is 0.314. The van der Waals surface area contributed by atoms with E-state index in [1.165, 1.54) is 6.07 Å². The molecule has 128 valence electrons. The van der Waals surface area contributed by atoms with Crippen LogP contribution in [0.25, 0.3) is 11.0 Å². The van der Waals surface area contributed by atoms with Crippen LogP contribution in [0.2, 0.25) is 0 Å². The third-order valence-electron chi connectivity index (χ3n) is 3.37. The standard InChI is InChI=1S/C17H21N3O4/c1-17(2,3)7-10(21)8-20-15(22)13-14(19)11-5-4-9(18)6-12(11)24-16(13)23/h4-6H,7-8,18-19H2,1-3H3,(H,20,22). The number of anilines is 2. The third kappa shape index (κ3) is 3.92. The van der Waals surface area contributed by atoms with Gasteiger partial charge in [0.05, 0.1) is 12.2 Å². The quantitative estimate of drug-likeness (QED) is 0.577. The average molecular weight is 331 g/mol. The van der Waals surface area contributed by atoms with Crippen LogP contribution in [0, 0.1) is 5.41 Å². The van der Waals surface area contributed by atoms with Gasteiger partial charge in [0.2, 0.25) is 0 Å². The van der Waals surface area contributed by atoms with Crippen LogP contribution in [0.1, 0.15) is 37.6 Å². The van der Waals surface area contributed by atoms with E-state index in [1.54, 1.807) is 12.1 Å². The monoisotopic (exact) mass is 331 g/mol. The van der Waals surface area contributed by atoms with Crippen molar-refractivity contribution in [2.24, 2.45) is 5.41 Å². The minimum absolute atomic E-state index is 0.00187. The molecule has 7 heteroatoms. The summed E-state index contributed by atoms with van der Waals surface area (Å²) in [5.41, 5.74) is 10.8. The van der Waals surface area contributed by atoms with Crippen molar-refractivity contribution in [3.05, 3.63) is 34.2 Å². The van der Waals surface area contributed by atoms with Crippen molar-refractivity contribution in [2.45, 2.75) is 27.2 Å². The number of hydrogen-bond donors (Lipinski definition) is 3. The van der Waals surface area contributed by atoms with Crippen molar-refractivity contribution in [3.63, 3.8) is 0 Å². The molecule has 1 aromatic heterocycles. The molecular weight excluding hydrogens is 310 g/mol. The van der Waals surface area contributed by atoms with Gasteiger partial charge in [0.25, 0.3) is 5.91 Å². The Kier molecular flexibility index (Phi) is 4.64. The average Bonchev–Trinajstić information content (AvgIpc) is 2.42. The molecule has 1 heterocycles. The van der Waals surface area contributed by atoms with E-state index in [2.05, 4.69) is 5.32 Å². The molecule has 0 saturated heterocycles. The Morgan fingerprint density at radius 1 is 1.21 bits per heavy atom. The van der Waals surface area contributed by atoms with E-state index >= 15 is 0 Å². The van der Waals surface area contributed by atoms with Gasteiger partial charge in [-0.05, 0) is 17.5 Å². The largest absolute Gasteiger partial charge is 0.422 e. The highest BCUT2D eigenvalue weighted by atomic mass is 16.4. The second kappa shape index (κ2) is 6.35. The summed E-state index contributed by atoms with van der Waals surface area (Å²) in [6, 6.07) is 4.62. The lowest BCUT2D eigenvalue weighted by Crippen LogP contribution is -2.34. The van der Waals surface area contributed by atoms with Gasteiger partial charge < -0.3 is 21.2 Å². The van der Waals surface area contributed by atoms with Crippen LogP contribution >= 0.6 is 0 Å². The second-order valence-electron chi connectivity index (χ2n) is 6.89. The van der Waals surface area contributed by atoms with E-state index < -0.39 is 11.5 Å². The predicted octanol–water partition coefficient (Wildman–Crippen LogP) is 1.69. The van der Waals surface area contributed by atoms with Gasteiger partial charge in [-0.1, -0.05) is 20.8 Å². The molecule has 0 radical (unpaired) electrons. The Morgan fingerprint density at radius 3 is 2.50 bits per heavy atom. The van der Waals surface area contributed by atoms with Crippen LogP contribution in [0.3, 0.4) is 0 Å². The molecule has 2 aromatic rings. The van der Waals surface area contributed by atoms with E-state index in [4.69, 9.17) is 15.9 Å². The maximum atomic E-state index is 12.2. The molecule has 0 spiro atoms. The Labute approximate surface area is 139 Å². The number of carbonyl (C=O) groups is 2. The normalized spacial score (nSPS) is 11.5. The van der Waals surface area contributed by atoms with Crippen molar-refractivity contribution in [1.29, 1.82) is 0 Å². The summed E-state index contributed by atoms with van der Waals surface area (Å²) in [5, 5.41) is 2.84. The second-order valence-corrected chi connectivity index (χ2v) is 6.89. The number of amides is 1. The molecule has 1 amide bonds. The number of nitrogens with one attached hydrogen (secondary N) is 1. The summed E-state index contributed by atoms with van der Waals surface area (Å²) in [7, 11) is 0. The first-order valence-corrected chi connectivity index (χ1v) is 7.50. The van der Waals surface area contributed by atoms with Crippen molar-refractivity contribution >= 4 is 34.0 Å². The fraction of sp³-hybridized carbons (Fsp3) is 0.353. The van der Waals surface area contributed by atoms with Crippen LogP contribution in [0.15, 0.2) is 27.4 Å². The summed E-state index contributed by atoms with van der Waals surface area (Å²) >= 11 is 0. The first kappa shape index (κ1) is 17.5. The Hall–Kier alpha value is -2.83. The minimum Gasteiger partial charge on any atom is -0.422 e. The van der Waals surface area contributed by atoms with E-state index in [0.717, 1.165) is 0 Å². The first-order chi connectivity index (χ1) is 11.1. The lowest BCUT2D eigenvalue weighted by Gasteiger charge is -2.16. The summed E-state index contributed by atoms with van der Waals surface area (Å²) in [5.74, 6) is -0.866. The molecule has 0 aliphatic heterocycles. The zero-order valence-corrected chi connectivity index (χ0v) is 13.9. The molecule has 0 aliphatic carbocycles. The molecule has 2 rings (SSSR count). The molecule has 0 fully saturated rings. The molecule has 0 bridgehead atoms. The van der Waals surface area contributed by atoms with Crippen LogP contribution < -0.4 is 22.4 Å². The van der Waals surface area contributed by atoms with E-state index in [1.807, 2.05) is 20.8 Å². The van der Waals surface area contributed by atoms with Gasteiger partial charge in [-0.15, -0.1) is 0 Å². The first-order valence-electron chi connectivity index (χ1n) is 7.50. The Morgan fingerprint density at radius 2 is 1.88 bits per heavy atom. The van der Waals surface area contributed by atoms with Crippen LogP contribution in [-0.4, -0.2) is 18.2 Å². The van der Waals surface area contributed by atoms with Gasteiger partial charge in [0.1, 0.15) is 11.1 Å². The summed E-state index contributed by atoms with van der Waals surface area (Å²) in [6.45, 7) is 5.60. The highest BCUT2D eigenvalue weighted by molar-refractivity contribution is 6.06. The number of benzene rings is 1. The Bertz CT molecular complexity index is 862. The van der Waals surface area contributed by atoms with Crippen molar-refractivity contribution in [1.82, 2.24) is 5.32 Å². The molecule has 5 N–H and O–H groups in total. The van der Waals surface area contributed by atoms with Crippen LogP contribution in [-0.2, 0) is 4.79 Å². The Balaban J connectivity index is 2.25. The molecule has 0 unspecified atom stereocenters. The smallest absolute Gasteiger partial charge is 0.351 e. The maximum Gasteiger partial charge on any atom is 0.351 e. The number of ketones is 1. The van der Waals surface area contributed by atoms with Gasteiger partial charge in [0, 0.05) is 23.6 Å². The van der Waals surface area contributed by atoms with E-state index in [0.29, 0.717) is 17.5 Å². The topological polar surface area (TPSA) is 128 Å². The molecule has 0 saturated carbocycles. The number of nitrogen functional groups attached to an aromatic ring is 2. The third-order valence-corrected chi connectivity index (χ3v) is 3.37. The van der Waals surface area contributed by atoms with Gasteiger partial charge in [-0.2, -0.15) is 0 Å². The SMILES string of the molecule is CC(C)(C)CC(=O)CNC(=O)c1c(N)c2ccc(N)cc2oc1=O. The zero-order chi connectivity index (χ0) is 18.1. The van der Waals surface area contributed by atoms with Crippen molar-refractivity contribution in [2.75, 3.05) is 18.0 Å². The van der Waals surface area contributed by atoms with E-state index in [-0.39, 0.29) is 34.6 Å². The number of fused-ring (bicyclic) bond motifs is 1. The van der Waals surface area contributed by atoms with Crippen LogP contribution in [0.4, 0.5) is 11.4 Å². The zero-order valence-electron chi connectivity index (χ0n) is 13.9. The lowest BCUT2D eigenvalue weighted by molar-refractivity contribution is -0.119. The number of rotatable bonds is 4. The molecule has 24 heavy (non-hydrogen) atoms. The van der Waals surface area contributed by atoms with Gasteiger partial charge in [0.15, 0.2) is 5.78 Å². The van der Waals surface area contributed by atoms with Gasteiger partial charge in [-0.3, -0.25) is 9.59 Å². The van der Waals surface area contributed by atoms with Gasteiger partial charge in [-0.25, -0.2) is 4.79 Å². The maximum absolute atomic E-state index is 12.2. The number of nitrogens with two attached hydrogens (primary N) is 2. The molecule has 0 atom stereocenters. The molecule has 1 aromatic carbocycles. The van der Waals surface area contributed by atoms with E-state index in [9.17, 15) is 14.4 Å². The summed E-state index contributed by atoms with van der Waals surface area (Å²) in [4.78, 5) is 36.1. The number of Topliss-reactive ketones (excluding diaryl/α,β-unsaturated/α-hetero) is 1. The fourth-order valence-electron chi connectivity index (χ4n) is 2.38. The lowest BCUT2D eigenvalue weighted by atomic mass is 9.90. The summed E-state index contributed by atoms with van der Waals surface area (Å²) < 4.78 is 5.10. The van der Waals surface area contributed by atoms with Crippen molar-refractivity contribution in [3.8, 4) is 0 Å². The highest BCUT2D eigenvalue weighted by Gasteiger charge is 2.21. The molecular formula is C17H21N3O4. The highest BCUT2D eigenvalue weighted by Crippen LogP contribution is 2.24. The van der Waals surface area contributed by atoms with Crippen molar-refractivity contribution < 1.29 is 14.0 Å². The predicted molar refractivity (Wildman–Crippen MR) is 92.7 cm³/mol. The fourth-order valence-corrected chi connectivity index (χ4v) is 2.38. The number of carbonyl (C=O) groups excluding carboxylic acids is 2.